The highest BCUT2D eigenvalue weighted by atomic mass is 16.5. The van der Waals surface area contributed by atoms with Crippen LogP contribution in [0.25, 0.3) is 11.1 Å². The van der Waals surface area contributed by atoms with Crippen LogP contribution in [0, 0.1) is 11.3 Å². The predicted molar refractivity (Wildman–Crippen MR) is 98.9 cm³/mol. The van der Waals surface area contributed by atoms with E-state index in [-0.39, 0.29) is 11.9 Å². The first kappa shape index (κ1) is 17.8. The normalized spacial score (nSPS) is 15.2. The molecule has 1 atom stereocenters. The molecule has 2 N–H and O–H groups in total. The van der Waals surface area contributed by atoms with Gasteiger partial charge in [-0.05, 0) is 25.5 Å². The molecule has 1 aliphatic heterocycles. The fourth-order valence-electron chi connectivity index (χ4n) is 3.06. The number of nitrogen functional groups attached to an aromatic ring is 1. The molecule has 2 aromatic rings. The first-order chi connectivity index (χ1) is 12.5. The van der Waals surface area contributed by atoms with Crippen LogP contribution in [0.4, 0.5) is 5.82 Å². The molecule has 0 unspecified atom stereocenters. The van der Waals surface area contributed by atoms with Gasteiger partial charge < -0.3 is 19.9 Å². The number of hydrogen-bond acceptors (Lipinski definition) is 6. The number of hydrogen-bond donors (Lipinski definition) is 1. The van der Waals surface area contributed by atoms with Gasteiger partial charge in [0.2, 0.25) is 0 Å². The van der Waals surface area contributed by atoms with Crippen LogP contribution in [0.5, 0.6) is 11.5 Å². The van der Waals surface area contributed by atoms with Crippen LogP contribution >= 0.6 is 0 Å². The van der Waals surface area contributed by atoms with E-state index in [1.807, 2.05) is 32.0 Å². The van der Waals surface area contributed by atoms with Crippen LogP contribution in [-0.2, 0) is 11.3 Å². The second-order valence-electron chi connectivity index (χ2n) is 6.26. The molecule has 0 amide bonds. The molecule has 0 spiro atoms. The summed E-state index contributed by atoms with van der Waals surface area (Å²) in [5.41, 5.74) is 10.3. The van der Waals surface area contributed by atoms with Gasteiger partial charge in [0.05, 0.1) is 25.5 Å². The number of methoxy groups -OCH3 is 1. The van der Waals surface area contributed by atoms with E-state index in [2.05, 4.69) is 17.6 Å². The average molecular weight is 351 g/mol. The fraction of sp³-hybridized carbons (Fsp3) is 0.300. The first-order valence-corrected chi connectivity index (χ1v) is 8.26. The minimum Gasteiger partial charge on any atom is -0.493 e. The lowest BCUT2D eigenvalue weighted by molar-refractivity contribution is 0.0780. The minimum absolute atomic E-state index is 0.177. The highest BCUT2D eigenvalue weighted by molar-refractivity contribution is 5.84. The molecule has 1 aliphatic rings. The Hall–Kier alpha value is -3.04. The fourth-order valence-corrected chi connectivity index (χ4v) is 3.06. The number of anilines is 1. The second-order valence-corrected chi connectivity index (χ2v) is 6.26. The van der Waals surface area contributed by atoms with E-state index in [4.69, 9.17) is 19.9 Å². The van der Waals surface area contributed by atoms with Crippen molar-refractivity contribution < 1.29 is 14.2 Å². The highest BCUT2D eigenvalue weighted by Gasteiger charge is 2.30. The van der Waals surface area contributed by atoms with Gasteiger partial charge in [0, 0.05) is 16.7 Å². The Bertz CT molecular complexity index is 915. The number of benzene rings is 1. The molecule has 26 heavy (non-hydrogen) atoms. The van der Waals surface area contributed by atoms with Crippen LogP contribution in [0.15, 0.2) is 30.4 Å². The number of aromatic nitrogens is 1. The molecular weight excluding hydrogens is 330 g/mol. The van der Waals surface area contributed by atoms with Crippen LogP contribution < -0.4 is 15.2 Å². The van der Waals surface area contributed by atoms with Gasteiger partial charge in [0.1, 0.15) is 24.1 Å². The van der Waals surface area contributed by atoms with Crippen LogP contribution in [0.3, 0.4) is 0 Å². The topological polar surface area (TPSA) is 90.4 Å². The number of para-hydroxylation sites is 1. The molecule has 134 valence electrons. The molecule has 3 rings (SSSR count). The maximum Gasteiger partial charge on any atom is 0.169 e. The molecule has 0 aliphatic carbocycles. The van der Waals surface area contributed by atoms with E-state index >= 15 is 0 Å². The monoisotopic (exact) mass is 351 g/mol. The molecular formula is C20H21N3O3. The lowest BCUT2D eigenvalue weighted by Gasteiger charge is -2.18. The smallest absolute Gasteiger partial charge is 0.169 e. The summed E-state index contributed by atoms with van der Waals surface area (Å²) in [4.78, 5) is 4.38. The lowest BCUT2D eigenvalue weighted by Crippen LogP contribution is -2.07. The van der Waals surface area contributed by atoms with E-state index < -0.39 is 0 Å². The molecule has 0 saturated carbocycles. The first-order valence-electron chi connectivity index (χ1n) is 8.26. The predicted octanol–water partition coefficient (Wildman–Crippen LogP) is 3.76. The largest absolute Gasteiger partial charge is 0.493 e. The Morgan fingerprint density at radius 2 is 2.27 bits per heavy atom. The van der Waals surface area contributed by atoms with Gasteiger partial charge in [-0.1, -0.05) is 18.7 Å². The Kier molecular flexibility index (Phi) is 4.83. The van der Waals surface area contributed by atoms with E-state index in [0.717, 1.165) is 22.4 Å². The SMILES string of the molecule is C=C(C)COc1c(OC)cccc1-c1c(C#N)c(N)nc2c1CO[C@H]2C. The Labute approximate surface area is 152 Å². The van der Waals surface area contributed by atoms with Crippen molar-refractivity contribution in [2.75, 3.05) is 19.5 Å². The zero-order valence-electron chi connectivity index (χ0n) is 15.1. The maximum absolute atomic E-state index is 9.70. The molecule has 1 aromatic carbocycles. The summed E-state index contributed by atoms with van der Waals surface area (Å²) in [6.45, 7) is 8.38. The third kappa shape index (κ3) is 2.98. The zero-order chi connectivity index (χ0) is 18.8. The molecule has 2 heterocycles. The second kappa shape index (κ2) is 7.06. The maximum atomic E-state index is 9.70. The van der Waals surface area contributed by atoms with Gasteiger partial charge in [-0.25, -0.2) is 4.98 Å². The summed E-state index contributed by atoms with van der Waals surface area (Å²) >= 11 is 0. The van der Waals surface area contributed by atoms with Crippen molar-refractivity contribution in [3.8, 4) is 28.7 Å². The van der Waals surface area contributed by atoms with Gasteiger partial charge >= 0.3 is 0 Å². The summed E-state index contributed by atoms with van der Waals surface area (Å²) in [6, 6.07) is 7.73. The Morgan fingerprint density at radius 3 is 2.92 bits per heavy atom. The van der Waals surface area contributed by atoms with E-state index in [1.165, 1.54) is 0 Å². The molecule has 1 aromatic heterocycles. The average Bonchev–Trinajstić information content (AvgIpc) is 2.99. The lowest BCUT2D eigenvalue weighted by atomic mass is 9.93. The molecule has 0 bridgehead atoms. The van der Waals surface area contributed by atoms with Crippen molar-refractivity contribution >= 4 is 5.82 Å². The van der Waals surface area contributed by atoms with Gasteiger partial charge in [-0.3, -0.25) is 0 Å². The van der Waals surface area contributed by atoms with Crippen LogP contribution in [0.1, 0.15) is 36.8 Å². The molecule has 6 heteroatoms. The number of fused-ring (bicyclic) bond motifs is 1. The van der Waals surface area contributed by atoms with Crippen molar-refractivity contribution in [3.05, 3.63) is 47.2 Å². The standard InChI is InChI=1S/C20H21N3O3/c1-11(2)9-26-19-13(6-5-7-16(19)24-4)17-14(8-21)20(22)23-18-12(3)25-10-15(17)18/h5-7,12H,1,9-10H2,2-4H3,(H2,22,23)/t12-/m0/s1. The van der Waals surface area contributed by atoms with E-state index in [1.54, 1.807) is 7.11 Å². The minimum atomic E-state index is -0.177. The number of nitrogens with two attached hydrogens (primary N) is 1. The number of pyridine rings is 1. The van der Waals surface area contributed by atoms with E-state index in [0.29, 0.717) is 35.8 Å². The summed E-state index contributed by atoms with van der Waals surface area (Å²) in [5.74, 6) is 1.30. The number of rotatable bonds is 5. The third-order valence-corrected chi connectivity index (χ3v) is 4.26. The molecule has 0 radical (unpaired) electrons. The van der Waals surface area contributed by atoms with Crippen molar-refractivity contribution in [2.24, 2.45) is 0 Å². The highest BCUT2D eigenvalue weighted by Crippen LogP contribution is 2.45. The number of nitriles is 1. The Balaban J connectivity index is 2.29. The van der Waals surface area contributed by atoms with Gasteiger partial charge in [0.25, 0.3) is 0 Å². The summed E-state index contributed by atoms with van der Waals surface area (Å²) in [5, 5.41) is 9.70. The molecule has 6 nitrogen and oxygen atoms in total. The third-order valence-electron chi connectivity index (χ3n) is 4.26. The van der Waals surface area contributed by atoms with Crippen molar-refractivity contribution in [3.63, 3.8) is 0 Å². The van der Waals surface area contributed by atoms with E-state index in [9.17, 15) is 5.26 Å². The van der Waals surface area contributed by atoms with Crippen molar-refractivity contribution in [1.29, 1.82) is 5.26 Å². The van der Waals surface area contributed by atoms with Gasteiger partial charge in [-0.2, -0.15) is 5.26 Å². The quantitative estimate of drug-likeness (QED) is 0.825. The summed E-state index contributed by atoms with van der Waals surface area (Å²) in [7, 11) is 1.58. The van der Waals surface area contributed by atoms with Crippen LogP contribution in [0.2, 0.25) is 0 Å². The van der Waals surface area contributed by atoms with Crippen molar-refractivity contribution in [1.82, 2.24) is 4.98 Å². The molecule has 0 saturated heterocycles. The van der Waals surface area contributed by atoms with Gasteiger partial charge in [0.15, 0.2) is 11.5 Å². The number of nitrogens with zero attached hydrogens (tertiary/aromatic N) is 2. The summed E-state index contributed by atoms with van der Waals surface area (Å²) < 4.78 is 17.2. The molecule has 0 fully saturated rings. The Morgan fingerprint density at radius 1 is 1.50 bits per heavy atom. The van der Waals surface area contributed by atoms with Crippen molar-refractivity contribution in [2.45, 2.75) is 26.6 Å². The number of ether oxygens (including phenoxy) is 3. The van der Waals surface area contributed by atoms with Crippen LogP contribution in [-0.4, -0.2) is 18.7 Å². The zero-order valence-corrected chi connectivity index (χ0v) is 15.1. The van der Waals surface area contributed by atoms with Gasteiger partial charge in [-0.15, -0.1) is 0 Å². The summed E-state index contributed by atoms with van der Waals surface area (Å²) in [6.07, 6.45) is -0.177.